The van der Waals surface area contributed by atoms with Crippen molar-refractivity contribution < 1.29 is 8.42 Å². The number of halogens is 1. The number of aromatic nitrogens is 1. The maximum absolute atomic E-state index is 11.7. The fraction of sp³-hybridized carbons (Fsp3) is 0.500. The molecule has 0 saturated carbocycles. The van der Waals surface area contributed by atoms with Gasteiger partial charge in [0.2, 0.25) is 0 Å². The second-order valence-corrected chi connectivity index (χ2v) is 9.95. The van der Waals surface area contributed by atoms with Gasteiger partial charge in [0, 0.05) is 37.1 Å². The zero-order valence-corrected chi connectivity index (χ0v) is 21.6. The maximum atomic E-state index is 11.7. The molecule has 0 aliphatic rings. The number of guanidine groups is 1. The Hall–Kier alpha value is -1.20. The molecule has 0 aliphatic heterocycles. The Balaban J connectivity index is 0.00000420. The predicted octanol–water partition coefficient (Wildman–Crippen LogP) is 3.89. The van der Waals surface area contributed by atoms with Gasteiger partial charge in [-0.1, -0.05) is 26.0 Å². The molecule has 2 N–H and O–H groups in total. The van der Waals surface area contributed by atoms with Crippen LogP contribution in [0.5, 0.6) is 0 Å². The molecule has 0 fully saturated rings. The number of aryl methyl sites for hydroxylation is 1. The molecule has 2 rings (SSSR count). The van der Waals surface area contributed by atoms with Crippen molar-refractivity contribution in [3.05, 3.63) is 45.4 Å². The van der Waals surface area contributed by atoms with Crippen LogP contribution in [0.2, 0.25) is 0 Å². The lowest BCUT2D eigenvalue weighted by Crippen LogP contribution is -2.38. The Morgan fingerprint density at radius 1 is 1.28 bits per heavy atom. The van der Waals surface area contributed by atoms with Gasteiger partial charge in [-0.3, -0.25) is 0 Å². The predicted molar refractivity (Wildman–Crippen MR) is 132 cm³/mol. The Kier molecular flexibility index (Phi) is 10.6. The van der Waals surface area contributed by atoms with Gasteiger partial charge >= 0.3 is 0 Å². The number of rotatable bonds is 8. The lowest BCUT2D eigenvalue weighted by Gasteiger charge is -2.11. The highest BCUT2D eigenvalue weighted by atomic mass is 127. The average molecular weight is 551 g/mol. The molecule has 162 valence electrons. The monoisotopic (exact) mass is 550 g/mol. The summed E-state index contributed by atoms with van der Waals surface area (Å²) in [5.74, 6) is 1.20. The van der Waals surface area contributed by atoms with E-state index in [4.69, 9.17) is 0 Å². The normalized spacial score (nSPS) is 12.0. The molecule has 0 spiro atoms. The fourth-order valence-electron chi connectivity index (χ4n) is 2.75. The van der Waals surface area contributed by atoms with Crippen molar-refractivity contribution in [1.82, 2.24) is 15.6 Å². The molecule has 0 bridgehead atoms. The number of aliphatic imine (C=N–C) groups is 1. The van der Waals surface area contributed by atoms with Crippen molar-refractivity contribution in [3.63, 3.8) is 0 Å². The molecule has 2 aromatic rings. The molecule has 1 aromatic carbocycles. The Bertz CT molecular complexity index is 924. The molecule has 1 aromatic heterocycles. The molecule has 0 amide bonds. The standard InChI is InChI=1S/C20H30N4O2S2.HI/c1-6-21-20(22-10-9-17-13-27-19(24-17)14(2)3)23-12-16-7-8-18(15(4)11-16)28(5,25)26;/h7-8,11,13-14H,6,9-10,12H2,1-5H3,(H2,21,22,23);1H. The molecule has 9 heteroatoms. The molecule has 0 unspecified atom stereocenters. The summed E-state index contributed by atoms with van der Waals surface area (Å²) in [6, 6.07) is 5.36. The largest absolute Gasteiger partial charge is 0.357 e. The van der Waals surface area contributed by atoms with E-state index in [1.165, 1.54) is 11.3 Å². The van der Waals surface area contributed by atoms with Crippen LogP contribution in [0, 0.1) is 6.92 Å². The summed E-state index contributed by atoms with van der Waals surface area (Å²) in [5.41, 5.74) is 2.82. The first-order valence-electron chi connectivity index (χ1n) is 9.46. The molecule has 0 saturated heterocycles. The van der Waals surface area contributed by atoms with Gasteiger partial charge in [0.25, 0.3) is 0 Å². The SMILES string of the molecule is CCNC(=NCc1ccc(S(C)(=O)=O)c(C)c1)NCCc1csc(C(C)C)n1.I. The highest BCUT2D eigenvalue weighted by molar-refractivity contribution is 14.0. The van der Waals surface area contributed by atoms with E-state index in [2.05, 4.69) is 39.8 Å². The minimum atomic E-state index is -3.20. The van der Waals surface area contributed by atoms with Gasteiger partial charge in [-0.05, 0) is 31.0 Å². The molecular formula is C20H31IN4O2S2. The van der Waals surface area contributed by atoms with Gasteiger partial charge in [-0.25, -0.2) is 18.4 Å². The third kappa shape index (κ3) is 8.21. The zero-order chi connectivity index (χ0) is 20.7. The van der Waals surface area contributed by atoms with E-state index in [0.29, 0.717) is 17.4 Å². The number of hydrogen-bond acceptors (Lipinski definition) is 5. The quantitative estimate of drug-likeness (QED) is 0.296. The van der Waals surface area contributed by atoms with Crippen LogP contribution in [0.4, 0.5) is 0 Å². The first kappa shape index (κ1) is 25.8. The topological polar surface area (TPSA) is 83.5 Å². The smallest absolute Gasteiger partial charge is 0.191 e. The number of thiazole rings is 1. The van der Waals surface area contributed by atoms with E-state index in [1.807, 2.05) is 26.0 Å². The van der Waals surface area contributed by atoms with Gasteiger partial charge < -0.3 is 10.6 Å². The van der Waals surface area contributed by atoms with Crippen LogP contribution < -0.4 is 10.6 Å². The van der Waals surface area contributed by atoms with Crippen molar-refractivity contribution in [1.29, 1.82) is 0 Å². The number of benzene rings is 1. The number of nitrogens with zero attached hydrogens (tertiary/aromatic N) is 2. The second kappa shape index (κ2) is 11.8. The fourth-order valence-corrected chi connectivity index (χ4v) is 4.58. The van der Waals surface area contributed by atoms with Gasteiger partial charge in [0.15, 0.2) is 15.8 Å². The molecular weight excluding hydrogens is 519 g/mol. The van der Waals surface area contributed by atoms with Crippen molar-refractivity contribution in [2.24, 2.45) is 4.99 Å². The van der Waals surface area contributed by atoms with Crippen LogP contribution >= 0.6 is 35.3 Å². The van der Waals surface area contributed by atoms with Crippen LogP contribution in [0.25, 0.3) is 0 Å². The minimum Gasteiger partial charge on any atom is -0.357 e. The van der Waals surface area contributed by atoms with E-state index in [9.17, 15) is 8.42 Å². The first-order valence-corrected chi connectivity index (χ1v) is 12.2. The molecule has 1 heterocycles. The first-order chi connectivity index (χ1) is 13.2. The van der Waals surface area contributed by atoms with Crippen molar-refractivity contribution in [3.8, 4) is 0 Å². The Morgan fingerprint density at radius 2 is 2.00 bits per heavy atom. The van der Waals surface area contributed by atoms with Crippen LogP contribution in [0.1, 0.15) is 48.5 Å². The summed E-state index contributed by atoms with van der Waals surface area (Å²) < 4.78 is 23.5. The second-order valence-electron chi connectivity index (χ2n) is 7.08. The van der Waals surface area contributed by atoms with E-state index >= 15 is 0 Å². The van der Waals surface area contributed by atoms with Crippen LogP contribution in [-0.4, -0.2) is 38.7 Å². The highest BCUT2D eigenvalue weighted by Crippen LogP contribution is 2.19. The third-order valence-electron chi connectivity index (χ3n) is 4.14. The van der Waals surface area contributed by atoms with E-state index < -0.39 is 9.84 Å². The van der Waals surface area contributed by atoms with E-state index in [1.54, 1.807) is 17.4 Å². The number of hydrogen-bond donors (Lipinski definition) is 2. The summed E-state index contributed by atoms with van der Waals surface area (Å²) in [4.78, 5) is 9.63. The molecule has 0 radical (unpaired) electrons. The number of nitrogens with one attached hydrogen (secondary N) is 2. The summed E-state index contributed by atoms with van der Waals surface area (Å²) in [6.45, 7) is 10.1. The van der Waals surface area contributed by atoms with Gasteiger partial charge in [0.1, 0.15) is 0 Å². The summed E-state index contributed by atoms with van der Waals surface area (Å²) in [7, 11) is -3.20. The van der Waals surface area contributed by atoms with E-state index in [0.717, 1.165) is 42.3 Å². The zero-order valence-electron chi connectivity index (χ0n) is 17.7. The van der Waals surface area contributed by atoms with Crippen molar-refractivity contribution >= 4 is 51.1 Å². The minimum absolute atomic E-state index is 0. The van der Waals surface area contributed by atoms with Gasteiger partial charge in [0.05, 0.1) is 22.1 Å². The summed E-state index contributed by atoms with van der Waals surface area (Å²) >= 11 is 1.71. The van der Waals surface area contributed by atoms with Crippen molar-refractivity contribution in [2.45, 2.75) is 51.5 Å². The lowest BCUT2D eigenvalue weighted by atomic mass is 10.1. The highest BCUT2D eigenvalue weighted by Gasteiger charge is 2.11. The van der Waals surface area contributed by atoms with Crippen LogP contribution in [0.3, 0.4) is 0 Å². The molecule has 0 atom stereocenters. The van der Waals surface area contributed by atoms with Crippen LogP contribution in [0.15, 0.2) is 33.5 Å². The van der Waals surface area contributed by atoms with Gasteiger partial charge in [-0.15, -0.1) is 35.3 Å². The average Bonchev–Trinajstić information content (AvgIpc) is 3.08. The van der Waals surface area contributed by atoms with E-state index in [-0.39, 0.29) is 24.0 Å². The lowest BCUT2D eigenvalue weighted by molar-refractivity contribution is 0.601. The molecule has 6 nitrogen and oxygen atoms in total. The molecule has 29 heavy (non-hydrogen) atoms. The van der Waals surface area contributed by atoms with Gasteiger partial charge in [-0.2, -0.15) is 0 Å². The molecule has 0 aliphatic carbocycles. The summed E-state index contributed by atoms with van der Waals surface area (Å²) in [5, 5.41) is 9.86. The Morgan fingerprint density at radius 3 is 2.55 bits per heavy atom. The third-order valence-corrected chi connectivity index (χ3v) is 6.59. The Labute approximate surface area is 195 Å². The van der Waals surface area contributed by atoms with Crippen molar-refractivity contribution in [2.75, 3.05) is 19.3 Å². The maximum Gasteiger partial charge on any atom is 0.191 e. The van der Waals surface area contributed by atoms with Crippen LogP contribution in [-0.2, 0) is 22.8 Å². The number of sulfone groups is 1. The summed E-state index contributed by atoms with van der Waals surface area (Å²) in [6.07, 6.45) is 2.07.